The van der Waals surface area contributed by atoms with Crippen LogP contribution < -0.4 is 10.4 Å². The molecule has 0 fully saturated rings. The van der Waals surface area contributed by atoms with Crippen molar-refractivity contribution in [1.82, 2.24) is 0 Å². The minimum absolute atomic E-state index is 0.482. The van der Waals surface area contributed by atoms with Crippen molar-refractivity contribution in [3.63, 3.8) is 0 Å². The van der Waals surface area contributed by atoms with E-state index in [1.807, 2.05) is 12.1 Å². The molecule has 0 saturated carbocycles. The lowest BCUT2D eigenvalue weighted by atomic mass is 10.2. The van der Waals surface area contributed by atoms with Crippen molar-refractivity contribution in [2.45, 2.75) is 0 Å². The molecule has 6 heteroatoms. The lowest BCUT2D eigenvalue weighted by molar-refractivity contribution is 0.295. The van der Waals surface area contributed by atoms with Gasteiger partial charge in [-0.05, 0) is 12.1 Å². The third-order valence-electron chi connectivity index (χ3n) is 1.94. The van der Waals surface area contributed by atoms with Crippen LogP contribution >= 0.6 is 0 Å². The Kier molecular flexibility index (Phi) is 2.42. The molecule has 6 nitrogen and oxygen atoms in total. The Morgan fingerprint density at radius 1 is 1.40 bits per heavy atom. The molecular weight excluding hydrogens is 196 g/mol. The van der Waals surface area contributed by atoms with Gasteiger partial charge in [0.05, 0.1) is 34.8 Å². The average molecular weight is 204 g/mol. The predicted molar refractivity (Wildman–Crippen MR) is 56.7 cm³/mol. The molecule has 1 aliphatic rings. The lowest BCUT2D eigenvalue weighted by Gasteiger charge is -2.23. The Hall–Kier alpha value is -2.21. The van der Waals surface area contributed by atoms with Crippen LogP contribution in [0.5, 0.6) is 0 Å². The summed E-state index contributed by atoms with van der Waals surface area (Å²) in [6.07, 6.45) is 2.63. The Morgan fingerprint density at radius 3 is 3.00 bits per heavy atom. The summed E-state index contributed by atoms with van der Waals surface area (Å²) in [5.41, 5.74) is 1.85. The van der Waals surface area contributed by atoms with E-state index in [9.17, 15) is 10.1 Å². The maximum absolute atomic E-state index is 9.80. The highest BCUT2D eigenvalue weighted by atomic mass is 16.5. The fourth-order valence-electron chi connectivity index (χ4n) is 1.32. The molecule has 0 spiro atoms. The first-order valence-corrected chi connectivity index (χ1v) is 4.23. The summed E-state index contributed by atoms with van der Waals surface area (Å²) < 4.78 is 0. The summed E-state index contributed by atoms with van der Waals surface area (Å²) in [6, 6.07) is 7.19. The second-order valence-electron chi connectivity index (χ2n) is 2.90. The first kappa shape index (κ1) is 9.35. The average Bonchev–Trinajstić information content (AvgIpc) is 2.26. The number of nitroso groups, excluding NO2 is 1. The van der Waals surface area contributed by atoms with E-state index in [1.54, 1.807) is 12.1 Å². The number of benzene rings is 1. The standard InChI is InChI=1S/C9H8N4O2/c14-12-10-5-7-6-13(15)9-4-2-1-3-8(9)11-7/h1-6,11,15H. The van der Waals surface area contributed by atoms with Crippen LogP contribution in [0.3, 0.4) is 0 Å². The zero-order valence-corrected chi connectivity index (χ0v) is 7.66. The maximum Gasteiger partial charge on any atom is 0.0921 e. The van der Waals surface area contributed by atoms with E-state index in [0.29, 0.717) is 11.4 Å². The zero-order chi connectivity index (χ0) is 10.7. The Morgan fingerprint density at radius 2 is 2.20 bits per heavy atom. The minimum Gasteiger partial charge on any atom is -0.351 e. The van der Waals surface area contributed by atoms with Gasteiger partial charge < -0.3 is 5.32 Å². The second-order valence-corrected chi connectivity index (χ2v) is 2.90. The number of nitrogens with zero attached hydrogens (tertiary/aromatic N) is 3. The van der Waals surface area contributed by atoms with Crippen molar-refractivity contribution >= 4 is 17.6 Å². The molecular formula is C9H8N4O2. The monoisotopic (exact) mass is 204 g/mol. The summed E-state index contributed by atoms with van der Waals surface area (Å²) in [7, 11) is 0. The van der Waals surface area contributed by atoms with Crippen molar-refractivity contribution in [2.24, 2.45) is 10.4 Å². The van der Waals surface area contributed by atoms with Crippen LogP contribution in [-0.4, -0.2) is 11.4 Å². The number of hydroxylamine groups is 1. The van der Waals surface area contributed by atoms with Crippen LogP contribution in [0, 0.1) is 4.91 Å². The molecule has 0 atom stereocenters. The number of hydrogen-bond donors (Lipinski definition) is 2. The largest absolute Gasteiger partial charge is 0.351 e. The summed E-state index contributed by atoms with van der Waals surface area (Å²) in [5, 5.41) is 19.0. The molecule has 1 aromatic rings. The van der Waals surface area contributed by atoms with Gasteiger partial charge in [0, 0.05) is 0 Å². The number of allylic oxidation sites excluding steroid dienone is 1. The first-order valence-electron chi connectivity index (χ1n) is 4.23. The predicted octanol–water partition coefficient (Wildman–Crippen LogP) is 1.90. The van der Waals surface area contributed by atoms with E-state index in [-0.39, 0.29) is 0 Å². The van der Waals surface area contributed by atoms with E-state index in [4.69, 9.17) is 0 Å². The quantitative estimate of drug-likeness (QED) is 0.438. The molecule has 0 amide bonds. The molecule has 76 valence electrons. The Bertz CT molecular complexity index is 441. The first-order chi connectivity index (χ1) is 7.31. The van der Waals surface area contributed by atoms with Crippen molar-refractivity contribution in [2.75, 3.05) is 10.4 Å². The van der Waals surface area contributed by atoms with E-state index in [0.717, 1.165) is 10.8 Å². The van der Waals surface area contributed by atoms with E-state index < -0.39 is 0 Å². The van der Waals surface area contributed by atoms with E-state index in [1.165, 1.54) is 12.4 Å². The third kappa shape index (κ3) is 1.84. The number of hydrogen-bond acceptors (Lipinski definition) is 5. The SMILES string of the molecule is O=NN=CC1=CN(O)c2ccccc2N1. The number of nitrogens with one attached hydrogen (secondary N) is 1. The van der Waals surface area contributed by atoms with Gasteiger partial charge in [0.1, 0.15) is 0 Å². The molecule has 0 bridgehead atoms. The molecule has 1 aliphatic heterocycles. The van der Waals surface area contributed by atoms with Gasteiger partial charge in [-0.15, -0.1) is 10.0 Å². The van der Waals surface area contributed by atoms with Gasteiger partial charge in [0.25, 0.3) is 0 Å². The molecule has 0 saturated heterocycles. The summed E-state index contributed by atoms with van der Waals surface area (Å²) >= 11 is 0. The van der Waals surface area contributed by atoms with Gasteiger partial charge in [-0.1, -0.05) is 12.1 Å². The zero-order valence-electron chi connectivity index (χ0n) is 7.66. The molecule has 0 aliphatic carbocycles. The third-order valence-corrected chi connectivity index (χ3v) is 1.94. The normalized spacial score (nSPS) is 14.5. The fourth-order valence-corrected chi connectivity index (χ4v) is 1.32. The molecule has 0 aromatic heterocycles. The second kappa shape index (κ2) is 3.89. The summed E-state index contributed by atoms with van der Waals surface area (Å²) in [4.78, 5) is 9.80. The fraction of sp³-hybridized carbons (Fsp3) is 0. The van der Waals surface area contributed by atoms with Gasteiger partial charge in [-0.3, -0.25) is 5.21 Å². The van der Waals surface area contributed by atoms with Crippen molar-refractivity contribution in [3.8, 4) is 0 Å². The highest BCUT2D eigenvalue weighted by Crippen LogP contribution is 2.29. The number of rotatable bonds is 2. The van der Waals surface area contributed by atoms with Crippen molar-refractivity contribution in [1.29, 1.82) is 0 Å². The topological polar surface area (TPSA) is 77.3 Å². The summed E-state index contributed by atoms with van der Waals surface area (Å²) in [5.74, 6) is 0. The lowest BCUT2D eigenvalue weighted by Crippen LogP contribution is -2.20. The van der Waals surface area contributed by atoms with Gasteiger partial charge in [0.2, 0.25) is 0 Å². The molecule has 2 N–H and O–H groups in total. The smallest absolute Gasteiger partial charge is 0.0921 e. The van der Waals surface area contributed by atoms with Crippen LogP contribution in [0.25, 0.3) is 0 Å². The van der Waals surface area contributed by atoms with E-state index in [2.05, 4.69) is 15.7 Å². The summed E-state index contributed by atoms with van der Waals surface area (Å²) in [6.45, 7) is 0. The molecule has 1 aromatic carbocycles. The molecule has 0 unspecified atom stereocenters. The van der Waals surface area contributed by atoms with Gasteiger partial charge in [-0.2, -0.15) is 0 Å². The molecule has 2 rings (SSSR count). The Labute approximate surface area is 85.4 Å². The maximum atomic E-state index is 9.80. The highest BCUT2D eigenvalue weighted by Gasteiger charge is 2.13. The van der Waals surface area contributed by atoms with E-state index >= 15 is 0 Å². The van der Waals surface area contributed by atoms with Crippen LogP contribution in [-0.2, 0) is 0 Å². The van der Waals surface area contributed by atoms with Crippen LogP contribution in [0.2, 0.25) is 0 Å². The van der Waals surface area contributed by atoms with Crippen LogP contribution in [0.1, 0.15) is 0 Å². The molecule has 0 radical (unpaired) electrons. The van der Waals surface area contributed by atoms with Crippen molar-refractivity contribution < 1.29 is 5.21 Å². The number of fused-ring (bicyclic) bond motifs is 1. The minimum atomic E-state index is 0.482. The Balaban J connectivity index is 2.31. The molecule has 15 heavy (non-hydrogen) atoms. The van der Waals surface area contributed by atoms with Crippen molar-refractivity contribution in [3.05, 3.63) is 41.1 Å². The van der Waals surface area contributed by atoms with Crippen LogP contribution in [0.15, 0.2) is 46.5 Å². The van der Waals surface area contributed by atoms with Crippen LogP contribution in [0.4, 0.5) is 11.4 Å². The highest BCUT2D eigenvalue weighted by molar-refractivity contribution is 5.89. The van der Waals surface area contributed by atoms with Gasteiger partial charge in [0.15, 0.2) is 0 Å². The van der Waals surface area contributed by atoms with Gasteiger partial charge >= 0.3 is 0 Å². The van der Waals surface area contributed by atoms with Gasteiger partial charge in [-0.25, -0.2) is 5.06 Å². The number of para-hydroxylation sites is 2. The molecule has 1 heterocycles. The number of anilines is 2.